The van der Waals surface area contributed by atoms with Crippen LogP contribution in [0.1, 0.15) is 41.3 Å². The molecule has 1 N–H and O–H groups in total. The van der Waals surface area contributed by atoms with Gasteiger partial charge in [-0.05, 0) is 30.2 Å². The maximum atomic E-state index is 12.6. The van der Waals surface area contributed by atoms with Gasteiger partial charge in [0.2, 0.25) is 0 Å². The summed E-state index contributed by atoms with van der Waals surface area (Å²) in [6, 6.07) is 7.54. The van der Waals surface area contributed by atoms with Gasteiger partial charge in [-0.15, -0.1) is 0 Å². The van der Waals surface area contributed by atoms with Crippen molar-refractivity contribution in [3.8, 4) is 0 Å². The quantitative estimate of drug-likeness (QED) is 0.722. The molecule has 0 bridgehead atoms. The van der Waals surface area contributed by atoms with E-state index in [0.717, 1.165) is 24.5 Å². The molecule has 0 aliphatic heterocycles. The first-order chi connectivity index (χ1) is 11.8. The van der Waals surface area contributed by atoms with E-state index in [4.69, 9.17) is 11.6 Å². The number of unbranched alkanes of at least 4 members (excludes halogenated alkanes) is 1. The van der Waals surface area contributed by atoms with Gasteiger partial charge in [-0.1, -0.05) is 49.2 Å². The summed E-state index contributed by atoms with van der Waals surface area (Å²) >= 11 is 5.78. The van der Waals surface area contributed by atoms with E-state index in [-0.39, 0.29) is 10.8 Å². The monoisotopic (exact) mass is 368 g/mol. The molecule has 132 valence electrons. The molecule has 25 heavy (non-hydrogen) atoms. The Balaban J connectivity index is 2.09. The Morgan fingerprint density at radius 1 is 1.28 bits per heavy atom. The van der Waals surface area contributed by atoms with Crippen molar-refractivity contribution in [3.05, 3.63) is 64.3 Å². The smallest absolute Gasteiger partial charge is 0.305 e. The van der Waals surface area contributed by atoms with Crippen LogP contribution in [0.4, 0.5) is 19.0 Å². The number of benzene rings is 1. The van der Waals surface area contributed by atoms with Crippen molar-refractivity contribution in [2.45, 2.75) is 25.9 Å². The molecule has 0 spiro atoms. The van der Waals surface area contributed by atoms with Crippen LogP contribution in [0.25, 0.3) is 6.08 Å². The van der Waals surface area contributed by atoms with E-state index < -0.39 is 17.6 Å². The normalized spacial score (nSPS) is 11.7. The van der Waals surface area contributed by atoms with Gasteiger partial charge in [0.15, 0.2) is 5.82 Å². The standard InChI is InChI=1S/C18H16ClF3N2O/c1-2-3-4-5-12-6-8-13(9-7-12)17(25)24-16-15(19)10-14(11-23-16)18(20,21)22/h4-11H,2-3H2,1H3,(H,23,24,25)/b5-4+. The van der Waals surface area contributed by atoms with Gasteiger partial charge in [0.25, 0.3) is 5.91 Å². The van der Waals surface area contributed by atoms with Crippen LogP contribution < -0.4 is 5.32 Å². The Morgan fingerprint density at radius 3 is 2.52 bits per heavy atom. The third-order valence-electron chi connectivity index (χ3n) is 3.34. The lowest BCUT2D eigenvalue weighted by atomic mass is 10.1. The summed E-state index contributed by atoms with van der Waals surface area (Å²) in [6.07, 6.45) is 2.11. The van der Waals surface area contributed by atoms with E-state index in [1.54, 1.807) is 24.3 Å². The van der Waals surface area contributed by atoms with Crippen molar-refractivity contribution in [1.82, 2.24) is 4.98 Å². The Hall–Kier alpha value is -2.34. The van der Waals surface area contributed by atoms with Crippen LogP contribution in [0, 0.1) is 0 Å². The Bertz CT molecular complexity index is 771. The van der Waals surface area contributed by atoms with Crippen molar-refractivity contribution in [1.29, 1.82) is 0 Å². The van der Waals surface area contributed by atoms with Gasteiger partial charge >= 0.3 is 6.18 Å². The summed E-state index contributed by atoms with van der Waals surface area (Å²) in [5.74, 6) is -0.621. The van der Waals surface area contributed by atoms with Crippen LogP contribution in [0.3, 0.4) is 0 Å². The molecular formula is C18H16ClF3N2O. The summed E-state index contributed by atoms with van der Waals surface area (Å²) in [4.78, 5) is 15.8. The Kier molecular flexibility index (Phi) is 6.20. The van der Waals surface area contributed by atoms with Gasteiger partial charge in [-0.25, -0.2) is 4.98 Å². The molecule has 0 unspecified atom stereocenters. The first-order valence-electron chi connectivity index (χ1n) is 7.62. The van der Waals surface area contributed by atoms with Gasteiger partial charge in [-0.2, -0.15) is 13.2 Å². The number of rotatable bonds is 5. The minimum atomic E-state index is -4.54. The maximum absolute atomic E-state index is 12.6. The second kappa shape index (κ2) is 8.16. The Labute approximate surface area is 148 Å². The number of nitrogens with zero attached hydrogens (tertiary/aromatic N) is 1. The fraction of sp³-hybridized carbons (Fsp3) is 0.222. The van der Waals surface area contributed by atoms with E-state index in [9.17, 15) is 18.0 Å². The molecule has 7 heteroatoms. The summed E-state index contributed by atoms with van der Waals surface area (Å²) in [5.41, 5.74) is 0.333. The van der Waals surface area contributed by atoms with Crippen molar-refractivity contribution in [2.75, 3.05) is 5.32 Å². The average Bonchev–Trinajstić information content (AvgIpc) is 2.56. The lowest BCUT2D eigenvalue weighted by Gasteiger charge is -2.10. The summed E-state index contributed by atoms with van der Waals surface area (Å²) in [6.45, 7) is 2.08. The number of hydrogen-bond acceptors (Lipinski definition) is 2. The number of allylic oxidation sites excluding steroid dienone is 1. The van der Waals surface area contributed by atoms with Crippen LogP contribution in [-0.4, -0.2) is 10.9 Å². The topological polar surface area (TPSA) is 42.0 Å². The second-order valence-corrected chi connectivity index (χ2v) is 5.73. The second-order valence-electron chi connectivity index (χ2n) is 5.32. The van der Waals surface area contributed by atoms with Gasteiger partial charge < -0.3 is 5.32 Å². The summed E-state index contributed by atoms with van der Waals surface area (Å²) < 4.78 is 37.8. The zero-order valence-corrected chi connectivity index (χ0v) is 14.2. The highest BCUT2D eigenvalue weighted by Gasteiger charge is 2.31. The maximum Gasteiger partial charge on any atom is 0.417 e. The number of nitrogens with one attached hydrogen (secondary N) is 1. The molecular weight excluding hydrogens is 353 g/mol. The van der Waals surface area contributed by atoms with Gasteiger partial charge in [0.05, 0.1) is 10.6 Å². The largest absolute Gasteiger partial charge is 0.417 e. The molecule has 0 saturated carbocycles. The molecule has 0 aliphatic carbocycles. The molecule has 1 amide bonds. The third-order valence-corrected chi connectivity index (χ3v) is 3.63. The highest BCUT2D eigenvalue weighted by atomic mass is 35.5. The molecule has 3 nitrogen and oxygen atoms in total. The molecule has 2 rings (SSSR count). The number of anilines is 1. The predicted octanol–water partition coefficient (Wildman–Crippen LogP) is 5.82. The number of carbonyl (C=O) groups excluding carboxylic acids is 1. The third kappa shape index (κ3) is 5.32. The molecule has 1 heterocycles. The molecule has 1 aromatic carbocycles. The molecule has 0 atom stereocenters. The van der Waals surface area contributed by atoms with Crippen molar-refractivity contribution in [2.24, 2.45) is 0 Å². The number of aromatic nitrogens is 1. The van der Waals surface area contributed by atoms with E-state index in [1.165, 1.54) is 0 Å². The fourth-order valence-electron chi connectivity index (χ4n) is 2.00. The SMILES string of the molecule is CCC/C=C/c1ccc(C(=O)Nc2ncc(C(F)(F)F)cc2Cl)cc1. The van der Waals surface area contributed by atoms with Gasteiger partial charge in [0, 0.05) is 11.8 Å². The van der Waals surface area contributed by atoms with E-state index in [2.05, 4.69) is 17.2 Å². The Morgan fingerprint density at radius 2 is 1.96 bits per heavy atom. The van der Waals surface area contributed by atoms with Crippen LogP contribution in [-0.2, 0) is 6.18 Å². The minimum Gasteiger partial charge on any atom is -0.305 e. The van der Waals surface area contributed by atoms with Gasteiger partial charge in [0.1, 0.15) is 0 Å². The molecule has 0 radical (unpaired) electrons. The van der Waals surface area contributed by atoms with Crippen LogP contribution in [0.15, 0.2) is 42.6 Å². The lowest BCUT2D eigenvalue weighted by molar-refractivity contribution is -0.137. The first-order valence-corrected chi connectivity index (χ1v) is 7.99. The van der Waals surface area contributed by atoms with Crippen LogP contribution in [0.5, 0.6) is 0 Å². The number of halogens is 4. The molecule has 0 saturated heterocycles. The minimum absolute atomic E-state index is 0.119. The van der Waals surface area contributed by atoms with E-state index >= 15 is 0 Å². The van der Waals surface area contributed by atoms with Crippen LogP contribution in [0.2, 0.25) is 5.02 Å². The van der Waals surface area contributed by atoms with E-state index in [1.807, 2.05) is 12.2 Å². The van der Waals surface area contributed by atoms with Crippen molar-refractivity contribution in [3.63, 3.8) is 0 Å². The number of amides is 1. The van der Waals surface area contributed by atoms with E-state index in [0.29, 0.717) is 11.8 Å². The van der Waals surface area contributed by atoms with Gasteiger partial charge in [-0.3, -0.25) is 4.79 Å². The zero-order chi connectivity index (χ0) is 18.4. The molecule has 0 fully saturated rings. The highest BCUT2D eigenvalue weighted by Crippen LogP contribution is 2.32. The summed E-state index contributed by atoms with van der Waals surface area (Å²) in [7, 11) is 0. The lowest BCUT2D eigenvalue weighted by Crippen LogP contribution is -2.14. The van der Waals surface area contributed by atoms with Crippen LogP contribution >= 0.6 is 11.6 Å². The highest BCUT2D eigenvalue weighted by molar-refractivity contribution is 6.33. The number of hydrogen-bond donors (Lipinski definition) is 1. The van der Waals surface area contributed by atoms with Crippen molar-refractivity contribution < 1.29 is 18.0 Å². The molecule has 0 aliphatic rings. The predicted molar refractivity (Wildman–Crippen MR) is 92.6 cm³/mol. The molecule has 2 aromatic rings. The van der Waals surface area contributed by atoms with Crippen molar-refractivity contribution >= 4 is 29.4 Å². The number of alkyl halides is 3. The fourth-order valence-corrected chi connectivity index (χ4v) is 2.21. The zero-order valence-electron chi connectivity index (χ0n) is 13.4. The number of carbonyl (C=O) groups is 1. The summed E-state index contributed by atoms with van der Waals surface area (Å²) in [5, 5.41) is 2.13. The average molecular weight is 369 g/mol. The number of pyridine rings is 1. The first kappa shape index (κ1) is 19.0. The molecule has 1 aromatic heterocycles.